The van der Waals surface area contributed by atoms with Gasteiger partial charge in [-0.2, -0.15) is 5.26 Å². The van der Waals surface area contributed by atoms with Gasteiger partial charge in [0.2, 0.25) is 0 Å². The van der Waals surface area contributed by atoms with Crippen LogP contribution in [0.2, 0.25) is 0 Å². The standard InChI is InChI=1S/C25H27N5O2/c1-29-10-12-30(13-11-29)22-6-5-20(16-24(22)32-3)28-25-15-19(8-9-27-25)21-14-18(17-26)4-7-23(21)31-2/h4-9,14-16H,10-13H2,1-3H3,(H,27,28). The minimum atomic E-state index is 0.580. The minimum absolute atomic E-state index is 0.580. The van der Waals surface area contributed by atoms with Crippen LogP contribution in [0.5, 0.6) is 11.5 Å². The first kappa shape index (κ1) is 21.5. The maximum absolute atomic E-state index is 9.27. The van der Waals surface area contributed by atoms with Crippen LogP contribution in [-0.4, -0.2) is 57.3 Å². The Balaban J connectivity index is 1.59. The molecule has 0 bridgehead atoms. The number of methoxy groups -OCH3 is 2. The van der Waals surface area contributed by atoms with E-state index in [1.807, 2.05) is 36.4 Å². The highest BCUT2D eigenvalue weighted by atomic mass is 16.5. The van der Waals surface area contributed by atoms with Crippen LogP contribution in [0.1, 0.15) is 5.56 Å². The van der Waals surface area contributed by atoms with Crippen molar-refractivity contribution in [3.63, 3.8) is 0 Å². The van der Waals surface area contributed by atoms with Crippen molar-refractivity contribution in [1.29, 1.82) is 5.26 Å². The topological polar surface area (TPSA) is 73.7 Å². The number of likely N-dealkylation sites (N-methyl/N-ethyl adjacent to an activating group) is 1. The van der Waals surface area contributed by atoms with Crippen LogP contribution >= 0.6 is 0 Å². The van der Waals surface area contributed by atoms with Crippen LogP contribution in [-0.2, 0) is 0 Å². The Bertz CT molecular complexity index is 1130. The van der Waals surface area contributed by atoms with E-state index in [9.17, 15) is 5.26 Å². The third kappa shape index (κ3) is 4.61. The van der Waals surface area contributed by atoms with E-state index >= 15 is 0 Å². The number of hydrogen-bond donors (Lipinski definition) is 1. The molecule has 1 aromatic heterocycles. The maximum atomic E-state index is 9.27. The predicted molar refractivity (Wildman–Crippen MR) is 127 cm³/mol. The Morgan fingerprint density at radius 1 is 0.938 bits per heavy atom. The summed E-state index contributed by atoms with van der Waals surface area (Å²) in [6.07, 6.45) is 1.74. The lowest BCUT2D eigenvalue weighted by molar-refractivity contribution is 0.311. The molecule has 1 saturated heterocycles. The van der Waals surface area contributed by atoms with E-state index in [1.54, 1.807) is 26.5 Å². The fourth-order valence-corrected chi connectivity index (χ4v) is 3.88. The van der Waals surface area contributed by atoms with Gasteiger partial charge in [-0.3, -0.25) is 0 Å². The van der Waals surface area contributed by atoms with Crippen LogP contribution in [0.25, 0.3) is 11.1 Å². The molecular formula is C25H27N5O2. The van der Waals surface area contributed by atoms with Gasteiger partial charge in [-0.1, -0.05) is 0 Å². The van der Waals surface area contributed by atoms with Crippen molar-refractivity contribution < 1.29 is 9.47 Å². The summed E-state index contributed by atoms with van der Waals surface area (Å²) in [5.74, 6) is 2.24. The first-order chi connectivity index (χ1) is 15.6. The zero-order chi connectivity index (χ0) is 22.5. The second-order valence-corrected chi connectivity index (χ2v) is 7.76. The summed E-state index contributed by atoms with van der Waals surface area (Å²) >= 11 is 0. The Morgan fingerprint density at radius 3 is 2.44 bits per heavy atom. The molecule has 0 atom stereocenters. The molecule has 32 heavy (non-hydrogen) atoms. The molecular weight excluding hydrogens is 402 g/mol. The third-order valence-corrected chi connectivity index (χ3v) is 5.70. The number of piperazine rings is 1. The summed E-state index contributed by atoms with van der Waals surface area (Å²) in [5, 5.41) is 12.6. The summed E-state index contributed by atoms with van der Waals surface area (Å²) in [6, 6.07) is 17.5. The highest BCUT2D eigenvalue weighted by Gasteiger charge is 2.18. The molecule has 0 spiro atoms. The smallest absolute Gasteiger partial charge is 0.144 e. The van der Waals surface area contributed by atoms with Crippen molar-refractivity contribution in [3.05, 3.63) is 60.3 Å². The lowest BCUT2D eigenvalue weighted by Gasteiger charge is -2.34. The highest BCUT2D eigenvalue weighted by Crippen LogP contribution is 2.35. The summed E-state index contributed by atoms with van der Waals surface area (Å²) in [7, 11) is 5.47. The third-order valence-electron chi connectivity index (χ3n) is 5.70. The molecule has 164 valence electrons. The quantitative estimate of drug-likeness (QED) is 0.631. The minimum Gasteiger partial charge on any atom is -0.496 e. The largest absolute Gasteiger partial charge is 0.496 e. The zero-order valence-electron chi connectivity index (χ0n) is 18.6. The van der Waals surface area contributed by atoms with Crippen molar-refractivity contribution >= 4 is 17.2 Å². The summed E-state index contributed by atoms with van der Waals surface area (Å²) < 4.78 is 11.2. The second-order valence-electron chi connectivity index (χ2n) is 7.76. The molecule has 0 unspecified atom stereocenters. The van der Waals surface area contributed by atoms with E-state index in [4.69, 9.17) is 9.47 Å². The predicted octanol–water partition coefficient (Wildman–Crippen LogP) is 4.13. The molecule has 0 radical (unpaired) electrons. The van der Waals surface area contributed by atoms with Crippen LogP contribution in [0.4, 0.5) is 17.2 Å². The van der Waals surface area contributed by atoms with Gasteiger partial charge in [0.1, 0.15) is 17.3 Å². The second kappa shape index (κ2) is 9.58. The number of pyridine rings is 1. The number of ether oxygens (including phenoxy) is 2. The van der Waals surface area contributed by atoms with Crippen molar-refractivity contribution in [3.8, 4) is 28.7 Å². The van der Waals surface area contributed by atoms with Crippen molar-refractivity contribution in [2.75, 3.05) is 57.7 Å². The van der Waals surface area contributed by atoms with Gasteiger partial charge in [0, 0.05) is 49.7 Å². The van der Waals surface area contributed by atoms with E-state index < -0.39 is 0 Å². The van der Waals surface area contributed by atoms with Gasteiger partial charge in [0.15, 0.2) is 0 Å². The van der Waals surface area contributed by atoms with Crippen LogP contribution in [0.15, 0.2) is 54.7 Å². The van der Waals surface area contributed by atoms with Gasteiger partial charge >= 0.3 is 0 Å². The Kier molecular flexibility index (Phi) is 6.43. The number of rotatable bonds is 6. The van der Waals surface area contributed by atoms with E-state index in [0.717, 1.165) is 54.4 Å². The van der Waals surface area contributed by atoms with E-state index in [0.29, 0.717) is 17.1 Å². The first-order valence-corrected chi connectivity index (χ1v) is 10.5. The van der Waals surface area contributed by atoms with Gasteiger partial charge in [-0.25, -0.2) is 4.98 Å². The number of hydrogen-bond acceptors (Lipinski definition) is 7. The average Bonchev–Trinajstić information content (AvgIpc) is 2.84. The van der Waals surface area contributed by atoms with Gasteiger partial charge in [0.05, 0.1) is 31.5 Å². The van der Waals surface area contributed by atoms with Gasteiger partial charge in [-0.15, -0.1) is 0 Å². The molecule has 3 aromatic rings. The molecule has 1 N–H and O–H groups in total. The molecule has 1 aliphatic rings. The molecule has 0 amide bonds. The Morgan fingerprint density at radius 2 is 1.72 bits per heavy atom. The SMILES string of the molecule is COc1ccc(C#N)cc1-c1ccnc(Nc2ccc(N3CCN(C)CC3)c(OC)c2)c1. The van der Waals surface area contributed by atoms with Gasteiger partial charge < -0.3 is 24.6 Å². The highest BCUT2D eigenvalue weighted by molar-refractivity contribution is 5.75. The normalized spacial score (nSPS) is 14.0. The number of nitriles is 1. The van der Waals surface area contributed by atoms with Crippen LogP contribution in [0, 0.1) is 11.3 Å². The molecule has 0 aliphatic carbocycles. The molecule has 2 aromatic carbocycles. The average molecular weight is 430 g/mol. The number of nitrogens with one attached hydrogen (secondary N) is 1. The monoisotopic (exact) mass is 429 g/mol. The van der Waals surface area contributed by atoms with Crippen molar-refractivity contribution in [2.45, 2.75) is 0 Å². The number of aromatic nitrogens is 1. The molecule has 7 nitrogen and oxygen atoms in total. The zero-order valence-corrected chi connectivity index (χ0v) is 18.6. The number of benzene rings is 2. The fraction of sp³-hybridized carbons (Fsp3) is 0.280. The lowest BCUT2D eigenvalue weighted by Crippen LogP contribution is -2.44. The number of anilines is 3. The van der Waals surface area contributed by atoms with Gasteiger partial charge in [0.25, 0.3) is 0 Å². The van der Waals surface area contributed by atoms with Crippen molar-refractivity contribution in [2.24, 2.45) is 0 Å². The lowest BCUT2D eigenvalue weighted by atomic mass is 10.0. The maximum Gasteiger partial charge on any atom is 0.144 e. The molecule has 2 heterocycles. The summed E-state index contributed by atoms with van der Waals surface area (Å²) in [6.45, 7) is 4.03. The first-order valence-electron chi connectivity index (χ1n) is 10.5. The molecule has 4 rings (SSSR count). The van der Waals surface area contributed by atoms with Crippen LogP contribution in [0.3, 0.4) is 0 Å². The van der Waals surface area contributed by atoms with Gasteiger partial charge in [-0.05, 0) is 55.1 Å². The molecule has 7 heteroatoms. The Labute approximate surface area is 188 Å². The van der Waals surface area contributed by atoms with E-state index in [1.165, 1.54) is 0 Å². The number of nitrogens with zero attached hydrogens (tertiary/aromatic N) is 4. The Hall–Kier alpha value is -3.76. The molecule has 0 saturated carbocycles. The summed E-state index contributed by atoms with van der Waals surface area (Å²) in [5.41, 5.74) is 4.34. The van der Waals surface area contributed by atoms with E-state index in [2.05, 4.69) is 39.3 Å². The van der Waals surface area contributed by atoms with Crippen molar-refractivity contribution in [1.82, 2.24) is 9.88 Å². The van der Waals surface area contributed by atoms with Crippen LogP contribution < -0.4 is 19.7 Å². The van der Waals surface area contributed by atoms with E-state index in [-0.39, 0.29) is 0 Å². The molecule has 1 aliphatic heterocycles. The molecule has 1 fully saturated rings. The summed E-state index contributed by atoms with van der Waals surface area (Å²) in [4.78, 5) is 9.15. The fourth-order valence-electron chi connectivity index (χ4n) is 3.88.